The molecular formula is C15H19Cl2N3O2. The van der Waals surface area contributed by atoms with Crippen molar-refractivity contribution >= 4 is 23.2 Å². The van der Waals surface area contributed by atoms with E-state index in [9.17, 15) is 5.11 Å². The number of alkyl halides is 1. The van der Waals surface area contributed by atoms with Gasteiger partial charge in [0.25, 0.3) is 0 Å². The summed E-state index contributed by atoms with van der Waals surface area (Å²) in [6.07, 6.45) is 1.28. The lowest BCUT2D eigenvalue weighted by molar-refractivity contribution is -0.0721. The van der Waals surface area contributed by atoms with Crippen molar-refractivity contribution in [1.82, 2.24) is 14.8 Å². The predicted molar refractivity (Wildman–Crippen MR) is 86.4 cm³/mol. The van der Waals surface area contributed by atoms with Crippen LogP contribution in [0.2, 0.25) is 5.02 Å². The van der Waals surface area contributed by atoms with Gasteiger partial charge in [0.2, 0.25) is 6.23 Å². The molecule has 0 fully saturated rings. The number of benzene rings is 1. The molecule has 0 saturated carbocycles. The predicted octanol–water partition coefficient (Wildman–Crippen LogP) is 3.44. The van der Waals surface area contributed by atoms with Crippen LogP contribution in [-0.4, -0.2) is 31.9 Å². The van der Waals surface area contributed by atoms with Crippen molar-refractivity contribution < 1.29 is 9.84 Å². The third-order valence-corrected chi connectivity index (χ3v) is 4.42. The van der Waals surface area contributed by atoms with Crippen LogP contribution in [0, 0.1) is 12.3 Å². The van der Waals surface area contributed by atoms with Crippen LogP contribution < -0.4 is 4.74 Å². The molecule has 0 aliphatic carbocycles. The molecule has 0 aliphatic heterocycles. The number of halogens is 2. The van der Waals surface area contributed by atoms with Crippen molar-refractivity contribution in [2.24, 2.45) is 5.41 Å². The lowest BCUT2D eigenvalue weighted by atomic mass is 9.87. The molecule has 120 valence electrons. The van der Waals surface area contributed by atoms with Crippen LogP contribution in [0.15, 0.2) is 30.9 Å². The van der Waals surface area contributed by atoms with E-state index in [0.29, 0.717) is 10.8 Å². The summed E-state index contributed by atoms with van der Waals surface area (Å²) in [6, 6.07) is 5.30. The topological polar surface area (TPSA) is 60.2 Å². The third-order valence-electron chi connectivity index (χ3n) is 3.50. The Labute approximate surface area is 139 Å². The van der Waals surface area contributed by atoms with Gasteiger partial charge in [0.15, 0.2) is 0 Å². The average Bonchev–Trinajstić information content (AvgIpc) is 3.00. The Kier molecular flexibility index (Phi) is 5.32. The summed E-state index contributed by atoms with van der Waals surface area (Å²) in [5, 5.41) is 15.4. The van der Waals surface area contributed by atoms with Crippen molar-refractivity contribution in [2.75, 3.05) is 5.88 Å². The Balaban J connectivity index is 2.33. The van der Waals surface area contributed by atoms with Gasteiger partial charge in [-0.3, -0.25) is 0 Å². The number of nitrogens with zero attached hydrogens (tertiary/aromatic N) is 3. The van der Waals surface area contributed by atoms with Gasteiger partial charge < -0.3 is 9.84 Å². The van der Waals surface area contributed by atoms with E-state index in [-0.39, 0.29) is 5.88 Å². The summed E-state index contributed by atoms with van der Waals surface area (Å²) in [4.78, 5) is 3.92. The number of aryl methyl sites for hydroxylation is 1. The molecule has 0 amide bonds. The minimum absolute atomic E-state index is 0.280. The molecule has 2 aromatic rings. The van der Waals surface area contributed by atoms with Gasteiger partial charge in [-0.05, 0) is 30.7 Å². The molecule has 0 aliphatic rings. The van der Waals surface area contributed by atoms with Crippen LogP contribution >= 0.6 is 23.2 Å². The molecule has 7 heteroatoms. The Bertz CT molecular complexity index is 617. The average molecular weight is 344 g/mol. The van der Waals surface area contributed by atoms with Gasteiger partial charge in [0.1, 0.15) is 24.5 Å². The van der Waals surface area contributed by atoms with Crippen molar-refractivity contribution in [3.63, 3.8) is 0 Å². The summed E-state index contributed by atoms with van der Waals surface area (Å²) in [5.41, 5.74) is 0.312. The Morgan fingerprint density at radius 1 is 1.41 bits per heavy atom. The zero-order valence-corrected chi connectivity index (χ0v) is 14.2. The number of ether oxygens (including phenoxy) is 1. The zero-order valence-electron chi connectivity index (χ0n) is 12.7. The van der Waals surface area contributed by atoms with Crippen molar-refractivity contribution in [2.45, 2.75) is 33.1 Å². The van der Waals surface area contributed by atoms with Gasteiger partial charge >= 0.3 is 0 Å². The number of aliphatic hydroxyl groups is 1. The second kappa shape index (κ2) is 6.86. The van der Waals surface area contributed by atoms with E-state index in [4.69, 9.17) is 27.9 Å². The van der Waals surface area contributed by atoms with Gasteiger partial charge in [0.05, 0.1) is 0 Å². The van der Waals surface area contributed by atoms with Crippen LogP contribution in [-0.2, 0) is 0 Å². The minimum atomic E-state index is -0.873. The first-order valence-electron chi connectivity index (χ1n) is 6.86. The van der Waals surface area contributed by atoms with Crippen molar-refractivity contribution in [1.29, 1.82) is 0 Å². The Hall–Kier alpha value is -1.30. The summed E-state index contributed by atoms with van der Waals surface area (Å²) >= 11 is 11.9. The summed E-state index contributed by atoms with van der Waals surface area (Å²) in [7, 11) is 0. The molecule has 2 unspecified atom stereocenters. The van der Waals surface area contributed by atoms with Crippen LogP contribution in [0.4, 0.5) is 0 Å². The van der Waals surface area contributed by atoms with E-state index in [2.05, 4.69) is 10.1 Å². The SMILES string of the molecule is Cc1cc(Cl)ccc1OC(C(O)C(C)(C)CCl)n1cncn1. The summed E-state index contributed by atoms with van der Waals surface area (Å²) in [5.74, 6) is 0.900. The molecule has 5 nitrogen and oxygen atoms in total. The fraction of sp³-hybridized carbons (Fsp3) is 0.467. The van der Waals surface area contributed by atoms with E-state index < -0.39 is 17.7 Å². The van der Waals surface area contributed by atoms with Crippen LogP contribution in [0.25, 0.3) is 0 Å². The lowest BCUT2D eigenvalue weighted by Gasteiger charge is -2.34. The number of aliphatic hydroxyl groups excluding tert-OH is 1. The van der Waals surface area contributed by atoms with Gasteiger partial charge in [-0.2, -0.15) is 5.10 Å². The molecule has 0 spiro atoms. The molecule has 1 N–H and O–H groups in total. The lowest BCUT2D eigenvalue weighted by Crippen LogP contribution is -2.41. The standard InChI is InChI=1S/C15H19Cl2N3O2/c1-10-6-11(17)4-5-12(10)22-14(20-9-18-8-19-20)13(21)15(2,3)7-16/h4-6,8-9,13-14,21H,7H2,1-3H3. The first-order valence-corrected chi connectivity index (χ1v) is 7.77. The monoisotopic (exact) mass is 343 g/mol. The minimum Gasteiger partial charge on any atom is -0.466 e. The fourth-order valence-electron chi connectivity index (χ4n) is 1.95. The maximum Gasteiger partial charge on any atom is 0.219 e. The van der Waals surface area contributed by atoms with E-state index in [0.717, 1.165) is 5.56 Å². The normalized spacial score (nSPS) is 14.6. The van der Waals surface area contributed by atoms with Crippen molar-refractivity contribution in [3.05, 3.63) is 41.4 Å². The smallest absolute Gasteiger partial charge is 0.219 e. The molecule has 1 heterocycles. The molecule has 0 saturated heterocycles. The number of rotatable bonds is 6. The molecular weight excluding hydrogens is 325 g/mol. The van der Waals surface area contributed by atoms with Gasteiger partial charge in [-0.1, -0.05) is 25.4 Å². The molecule has 1 aromatic heterocycles. The highest BCUT2D eigenvalue weighted by Gasteiger charge is 2.37. The zero-order chi connectivity index (χ0) is 16.3. The van der Waals surface area contributed by atoms with Crippen LogP contribution in [0.5, 0.6) is 5.75 Å². The fourth-order valence-corrected chi connectivity index (χ4v) is 2.34. The molecule has 2 rings (SSSR count). The third kappa shape index (κ3) is 3.72. The molecule has 0 bridgehead atoms. The first-order chi connectivity index (χ1) is 10.3. The maximum absolute atomic E-state index is 10.7. The van der Waals surface area contributed by atoms with E-state index >= 15 is 0 Å². The Morgan fingerprint density at radius 2 is 2.14 bits per heavy atom. The molecule has 0 radical (unpaired) electrons. The maximum atomic E-state index is 10.7. The summed E-state index contributed by atoms with van der Waals surface area (Å²) < 4.78 is 7.47. The van der Waals surface area contributed by atoms with Crippen LogP contribution in [0.1, 0.15) is 25.6 Å². The highest BCUT2D eigenvalue weighted by molar-refractivity contribution is 6.30. The number of hydrogen-bond acceptors (Lipinski definition) is 4. The van der Waals surface area contributed by atoms with Gasteiger partial charge in [0, 0.05) is 16.3 Å². The highest BCUT2D eigenvalue weighted by atomic mass is 35.5. The number of hydrogen-bond donors (Lipinski definition) is 1. The first kappa shape index (κ1) is 17.1. The number of aromatic nitrogens is 3. The largest absolute Gasteiger partial charge is 0.466 e. The van der Waals surface area contributed by atoms with E-state index in [1.807, 2.05) is 20.8 Å². The molecule has 2 atom stereocenters. The van der Waals surface area contributed by atoms with E-state index in [1.165, 1.54) is 17.3 Å². The molecule has 22 heavy (non-hydrogen) atoms. The summed E-state index contributed by atoms with van der Waals surface area (Å²) in [6.45, 7) is 5.62. The van der Waals surface area contributed by atoms with Crippen molar-refractivity contribution in [3.8, 4) is 5.75 Å². The second-order valence-electron chi connectivity index (χ2n) is 5.86. The van der Waals surface area contributed by atoms with E-state index in [1.54, 1.807) is 18.2 Å². The van der Waals surface area contributed by atoms with Gasteiger partial charge in [-0.25, -0.2) is 9.67 Å². The van der Waals surface area contributed by atoms with Gasteiger partial charge in [-0.15, -0.1) is 11.6 Å². The quantitative estimate of drug-likeness (QED) is 0.816. The molecule has 1 aromatic carbocycles. The Morgan fingerprint density at radius 3 is 2.68 bits per heavy atom. The second-order valence-corrected chi connectivity index (χ2v) is 6.56. The van der Waals surface area contributed by atoms with Crippen LogP contribution in [0.3, 0.4) is 0 Å². The highest BCUT2D eigenvalue weighted by Crippen LogP contribution is 2.33.